The van der Waals surface area contributed by atoms with Crippen LogP contribution in [0.3, 0.4) is 0 Å². The van der Waals surface area contributed by atoms with Gasteiger partial charge in [-0.1, -0.05) is 30.0 Å². The molecule has 0 aliphatic heterocycles. The molecule has 0 saturated carbocycles. The van der Waals surface area contributed by atoms with Crippen LogP contribution in [0, 0.1) is 18.3 Å². The first kappa shape index (κ1) is 16.0. The third kappa shape index (κ3) is 3.91. The van der Waals surface area contributed by atoms with Crippen molar-refractivity contribution in [1.82, 2.24) is 20.2 Å². The van der Waals surface area contributed by atoms with Gasteiger partial charge in [0.2, 0.25) is 5.16 Å². The molecule has 3 aromatic rings. The van der Waals surface area contributed by atoms with Crippen LogP contribution < -0.4 is 4.74 Å². The van der Waals surface area contributed by atoms with Gasteiger partial charge in [0.1, 0.15) is 5.75 Å². The molecule has 24 heavy (non-hydrogen) atoms. The summed E-state index contributed by atoms with van der Waals surface area (Å²) in [6.45, 7) is 2.53. The summed E-state index contributed by atoms with van der Waals surface area (Å²) in [7, 11) is 0. The second-order valence-corrected chi connectivity index (χ2v) is 6.11. The Balaban J connectivity index is 1.58. The van der Waals surface area contributed by atoms with E-state index in [2.05, 4.69) is 21.6 Å². The molecule has 0 bridgehead atoms. The third-order valence-electron chi connectivity index (χ3n) is 3.23. The fraction of sp³-hybridized carbons (Fsp3) is 0.176. The Bertz CT molecular complexity index is 871. The Morgan fingerprint density at radius 3 is 2.92 bits per heavy atom. The van der Waals surface area contributed by atoms with E-state index >= 15 is 0 Å². The molecule has 0 aliphatic carbocycles. The predicted molar refractivity (Wildman–Crippen MR) is 91.3 cm³/mol. The number of thioether (sulfide) groups is 1. The molecule has 0 N–H and O–H groups in total. The van der Waals surface area contributed by atoms with Gasteiger partial charge in [0.15, 0.2) is 0 Å². The summed E-state index contributed by atoms with van der Waals surface area (Å²) < 4.78 is 7.38. The van der Waals surface area contributed by atoms with E-state index in [-0.39, 0.29) is 0 Å². The Kier molecular flexibility index (Phi) is 5.08. The molecule has 0 radical (unpaired) electrons. The van der Waals surface area contributed by atoms with Crippen molar-refractivity contribution in [1.29, 1.82) is 5.26 Å². The predicted octanol–water partition coefficient (Wildman–Crippen LogP) is 3.01. The molecule has 0 amide bonds. The van der Waals surface area contributed by atoms with E-state index in [1.807, 2.05) is 37.3 Å². The van der Waals surface area contributed by atoms with Crippen molar-refractivity contribution in [2.45, 2.75) is 12.1 Å². The molecule has 0 unspecified atom stereocenters. The van der Waals surface area contributed by atoms with Gasteiger partial charge in [-0.25, -0.2) is 0 Å². The number of tetrazole rings is 1. The highest BCUT2D eigenvalue weighted by molar-refractivity contribution is 7.99. The SMILES string of the molecule is Cc1cccc(-n2nnnc2SCCOc2cccc(C#N)c2)c1. The molecule has 0 aliphatic rings. The number of aromatic nitrogens is 4. The zero-order chi connectivity index (χ0) is 16.8. The fourth-order valence-corrected chi connectivity index (χ4v) is 2.85. The molecule has 120 valence electrons. The van der Waals surface area contributed by atoms with Gasteiger partial charge in [0.25, 0.3) is 0 Å². The summed E-state index contributed by atoms with van der Waals surface area (Å²) in [5.41, 5.74) is 2.67. The Morgan fingerprint density at radius 1 is 1.21 bits per heavy atom. The van der Waals surface area contributed by atoms with Crippen molar-refractivity contribution >= 4 is 11.8 Å². The van der Waals surface area contributed by atoms with Crippen LogP contribution in [0.1, 0.15) is 11.1 Å². The molecule has 0 spiro atoms. The average molecular weight is 337 g/mol. The summed E-state index contributed by atoms with van der Waals surface area (Å²) in [6.07, 6.45) is 0. The van der Waals surface area contributed by atoms with Gasteiger partial charge >= 0.3 is 0 Å². The van der Waals surface area contributed by atoms with E-state index in [1.165, 1.54) is 11.8 Å². The number of hydrogen-bond acceptors (Lipinski definition) is 6. The minimum atomic E-state index is 0.500. The summed E-state index contributed by atoms with van der Waals surface area (Å²) in [4.78, 5) is 0. The molecule has 3 rings (SSSR count). The van der Waals surface area contributed by atoms with Crippen molar-refractivity contribution in [3.63, 3.8) is 0 Å². The van der Waals surface area contributed by atoms with E-state index in [4.69, 9.17) is 10.00 Å². The number of nitriles is 1. The summed E-state index contributed by atoms with van der Waals surface area (Å²) in [5.74, 6) is 1.39. The van der Waals surface area contributed by atoms with Gasteiger partial charge in [-0.2, -0.15) is 9.94 Å². The molecule has 1 aromatic heterocycles. The van der Waals surface area contributed by atoms with Crippen molar-refractivity contribution in [2.24, 2.45) is 0 Å². The molecule has 0 saturated heterocycles. The minimum absolute atomic E-state index is 0.500. The smallest absolute Gasteiger partial charge is 0.214 e. The maximum absolute atomic E-state index is 8.88. The van der Waals surface area contributed by atoms with Gasteiger partial charge in [0, 0.05) is 5.75 Å². The molecule has 7 heteroatoms. The number of aryl methyl sites for hydroxylation is 1. The third-order valence-corrected chi connectivity index (χ3v) is 4.12. The van der Waals surface area contributed by atoms with E-state index in [9.17, 15) is 0 Å². The topological polar surface area (TPSA) is 76.6 Å². The van der Waals surface area contributed by atoms with Crippen LogP contribution in [0.15, 0.2) is 53.7 Å². The van der Waals surface area contributed by atoms with Crippen LogP contribution in [0.25, 0.3) is 5.69 Å². The highest BCUT2D eigenvalue weighted by atomic mass is 32.2. The number of ether oxygens (including phenoxy) is 1. The minimum Gasteiger partial charge on any atom is -0.493 e. The monoisotopic (exact) mass is 337 g/mol. The van der Waals surface area contributed by atoms with Crippen LogP contribution in [0.4, 0.5) is 0 Å². The molecule has 6 nitrogen and oxygen atoms in total. The molecule has 1 heterocycles. The van der Waals surface area contributed by atoms with Gasteiger partial charge < -0.3 is 4.74 Å². The zero-order valence-electron chi connectivity index (χ0n) is 13.1. The van der Waals surface area contributed by atoms with Crippen LogP contribution in [-0.2, 0) is 0 Å². The number of nitrogens with zero attached hydrogens (tertiary/aromatic N) is 5. The lowest BCUT2D eigenvalue weighted by atomic mass is 10.2. The first-order valence-corrected chi connectivity index (χ1v) is 8.36. The first-order chi connectivity index (χ1) is 11.8. The van der Waals surface area contributed by atoms with Gasteiger partial charge in [0.05, 0.1) is 23.9 Å². The second-order valence-electron chi connectivity index (χ2n) is 5.05. The molecule has 2 aromatic carbocycles. The summed E-state index contributed by atoms with van der Waals surface area (Å²) >= 11 is 1.52. The Morgan fingerprint density at radius 2 is 2.08 bits per heavy atom. The highest BCUT2D eigenvalue weighted by Crippen LogP contribution is 2.19. The Labute approximate surface area is 144 Å². The standard InChI is InChI=1S/C17H15N5OS/c1-13-4-2-6-15(10-13)22-17(19-20-21-22)24-9-8-23-16-7-3-5-14(11-16)12-18/h2-7,10-11H,8-9H2,1H3. The largest absolute Gasteiger partial charge is 0.493 e. The normalized spacial score (nSPS) is 10.3. The lowest BCUT2D eigenvalue weighted by molar-refractivity contribution is 0.343. The molecule has 0 atom stereocenters. The molecular formula is C17H15N5OS. The average Bonchev–Trinajstić information content (AvgIpc) is 3.07. The van der Waals surface area contributed by atoms with E-state index < -0.39 is 0 Å². The lowest BCUT2D eigenvalue weighted by Gasteiger charge is -2.07. The number of benzene rings is 2. The van der Waals surface area contributed by atoms with Crippen LogP contribution in [0.2, 0.25) is 0 Å². The summed E-state index contributed by atoms with van der Waals surface area (Å²) in [5, 5.41) is 21.5. The zero-order valence-corrected chi connectivity index (χ0v) is 13.9. The molecular weight excluding hydrogens is 322 g/mol. The number of hydrogen-bond donors (Lipinski definition) is 0. The van der Waals surface area contributed by atoms with Crippen LogP contribution in [-0.4, -0.2) is 32.6 Å². The lowest BCUT2D eigenvalue weighted by Crippen LogP contribution is -2.03. The van der Waals surface area contributed by atoms with Gasteiger partial charge in [-0.05, 0) is 53.2 Å². The quantitative estimate of drug-likeness (QED) is 0.508. The number of rotatable bonds is 6. The summed E-state index contributed by atoms with van der Waals surface area (Å²) in [6, 6.07) is 17.2. The maximum Gasteiger partial charge on any atom is 0.214 e. The van der Waals surface area contributed by atoms with Gasteiger partial charge in [-0.3, -0.25) is 0 Å². The Hall–Kier alpha value is -2.85. The molecule has 0 fully saturated rings. The highest BCUT2D eigenvalue weighted by Gasteiger charge is 2.09. The second kappa shape index (κ2) is 7.62. The van der Waals surface area contributed by atoms with Crippen LogP contribution in [0.5, 0.6) is 5.75 Å². The van der Waals surface area contributed by atoms with Crippen molar-refractivity contribution in [2.75, 3.05) is 12.4 Å². The fourth-order valence-electron chi connectivity index (χ4n) is 2.14. The first-order valence-electron chi connectivity index (χ1n) is 7.37. The van der Waals surface area contributed by atoms with E-state index in [0.717, 1.165) is 16.4 Å². The van der Waals surface area contributed by atoms with E-state index in [0.29, 0.717) is 23.7 Å². The van der Waals surface area contributed by atoms with Gasteiger partial charge in [-0.15, -0.1) is 5.10 Å². The van der Waals surface area contributed by atoms with Crippen molar-refractivity contribution in [3.05, 3.63) is 59.7 Å². The maximum atomic E-state index is 8.88. The van der Waals surface area contributed by atoms with Crippen LogP contribution >= 0.6 is 11.8 Å². The van der Waals surface area contributed by atoms with Crippen molar-refractivity contribution < 1.29 is 4.74 Å². The van der Waals surface area contributed by atoms with Crippen molar-refractivity contribution in [3.8, 4) is 17.5 Å². The van der Waals surface area contributed by atoms with E-state index in [1.54, 1.807) is 22.9 Å².